The van der Waals surface area contributed by atoms with E-state index in [9.17, 15) is 15.0 Å². The standard InChI is InChI=1S/C15H20N2O4/c1-10(21-11-8-6-5-7-9-11)17-13(18)15(19,20)12(16-17)14(2,3)4/h5-10,19-20H,1-4H3. The van der Waals surface area contributed by atoms with Gasteiger partial charge in [-0.1, -0.05) is 39.0 Å². The maximum absolute atomic E-state index is 12.1. The SMILES string of the molecule is CC(Oc1ccccc1)N1N=C(C(C)(C)C)C(O)(O)C1=O. The van der Waals surface area contributed by atoms with Crippen molar-refractivity contribution < 1.29 is 19.7 Å². The number of amides is 1. The minimum Gasteiger partial charge on any atom is -0.469 e. The predicted octanol–water partition coefficient (Wildman–Crippen LogP) is 1.34. The highest BCUT2D eigenvalue weighted by molar-refractivity contribution is 6.15. The Morgan fingerprint density at radius 3 is 2.29 bits per heavy atom. The third-order valence-corrected chi connectivity index (χ3v) is 3.15. The molecule has 1 aliphatic rings. The lowest BCUT2D eigenvalue weighted by atomic mass is 9.85. The number of hydrogen-bond donors (Lipinski definition) is 2. The van der Waals surface area contributed by atoms with E-state index in [1.54, 1.807) is 52.0 Å². The zero-order valence-corrected chi connectivity index (χ0v) is 12.6. The summed E-state index contributed by atoms with van der Waals surface area (Å²) >= 11 is 0. The van der Waals surface area contributed by atoms with Crippen molar-refractivity contribution in [1.82, 2.24) is 5.01 Å². The molecule has 1 heterocycles. The van der Waals surface area contributed by atoms with Gasteiger partial charge in [-0.05, 0) is 19.1 Å². The van der Waals surface area contributed by atoms with Crippen LogP contribution in [0.25, 0.3) is 0 Å². The van der Waals surface area contributed by atoms with Crippen LogP contribution in [0.3, 0.4) is 0 Å². The van der Waals surface area contributed by atoms with Gasteiger partial charge in [-0.3, -0.25) is 4.79 Å². The van der Waals surface area contributed by atoms with E-state index in [-0.39, 0.29) is 5.71 Å². The minimum atomic E-state index is -2.59. The van der Waals surface area contributed by atoms with Gasteiger partial charge in [-0.15, -0.1) is 0 Å². The number of hydrogen-bond acceptors (Lipinski definition) is 5. The molecule has 1 unspecified atom stereocenters. The number of aliphatic hydroxyl groups is 2. The highest BCUT2D eigenvalue weighted by Crippen LogP contribution is 2.31. The first kappa shape index (κ1) is 15.5. The molecular weight excluding hydrogens is 272 g/mol. The van der Waals surface area contributed by atoms with Crippen molar-refractivity contribution >= 4 is 11.6 Å². The Hall–Kier alpha value is -1.92. The summed E-state index contributed by atoms with van der Waals surface area (Å²) in [5.74, 6) is -2.93. The summed E-state index contributed by atoms with van der Waals surface area (Å²) < 4.78 is 5.60. The van der Waals surface area contributed by atoms with Gasteiger partial charge >= 0.3 is 5.91 Å². The fraction of sp³-hybridized carbons (Fsp3) is 0.467. The van der Waals surface area contributed by atoms with Crippen molar-refractivity contribution in [3.05, 3.63) is 30.3 Å². The molecule has 2 rings (SSSR count). The smallest absolute Gasteiger partial charge is 0.312 e. The molecule has 1 aromatic carbocycles. The van der Waals surface area contributed by atoms with Crippen LogP contribution in [-0.2, 0) is 4.79 Å². The Morgan fingerprint density at radius 2 is 1.81 bits per heavy atom. The van der Waals surface area contributed by atoms with Crippen molar-refractivity contribution in [2.24, 2.45) is 10.5 Å². The van der Waals surface area contributed by atoms with E-state index in [0.717, 1.165) is 5.01 Å². The van der Waals surface area contributed by atoms with E-state index in [2.05, 4.69) is 5.10 Å². The molecule has 1 aliphatic heterocycles. The summed E-state index contributed by atoms with van der Waals surface area (Å²) in [6.45, 7) is 6.89. The van der Waals surface area contributed by atoms with Crippen molar-refractivity contribution in [3.8, 4) is 5.75 Å². The van der Waals surface area contributed by atoms with E-state index in [1.165, 1.54) is 0 Å². The molecule has 0 fully saturated rings. The molecule has 0 aliphatic carbocycles. The van der Waals surface area contributed by atoms with Gasteiger partial charge in [0.15, 0.2) is 6.23 Å². The van der Waals surface area contributed by atoms with E-state index in [0.29, 0.717) is 5.75 Å². The second-order valence-corrected chi connectivity index (χ2v) is 6.05. The average Bonchev–Trinajstić information content (AvgIpc) is 2.62. The van der Waals surface area contributed by atoms with Crippen LogP contribution >= 0.6 is 0 Å². The van der Waals surface area contributed by atoms with Gasteiger partial charge in [-0.25, -0.2) is 0 Å². The molecule has 0 saturated heterocycles. The van der Waals surface area contributed by atoms with Gasteiger partial charge in [-0.2, -0.15) is 10.1 Å². The quantitative estimate of drug-likeness (QED) is 0.824. The van der Waals surface area contributed by atoms with Crippen LogP contribution in [0.2, 0.25) is 0 Å². The van der Waals surface area contributed by atoms with Crippen LogP contribution in [0.5, 0.6) is 5.75 Å². The number of rotatable bonds is 3. The molecule has 1 amide bonds. The van der Waals surface area contributed by atoms with E-state index < -0.39 is 23.3 Å². The number of nitrogens with zero attached hydrogens (tertiary/aromatic N) is 2. The summed E-state index contributed by atoms with van der Waals surface area (Å²) in [5.41, 5.74) is -0.649. The van der Waals surface area contributed by atoms with Crippen molar-refractivity contribution in [2.75, 3.05) is 0 Å². The first-order valence-corrected chi connectivity index (χ1v) is 6.73. The third-order valence-electron chi connectivity index (χ3n) is 3.15. The number of carbonyl (C=O) groups excluding carboxylic acids is 1. The molecule has 0 bridgehead atoms. The Balaban J connectivity index is 2.24. The predicted molar refractivity (Wildman–Crippen MR) is 77.4 cm³/mol. The maximum Gasteiger partial charge on any atom is 0.312 e. The maximum atomic E-state index is 12.1. The van der Waals surface area contributed by atoms with Crippen LogP contribution in [0, 0.1) is 5.41 Å². The summed E-state index contributed by atoms with van der Waals surface area (Å²) in [5, 5.41) is 25.1. The van der Waals surface area contributed by atoms with Gasteiger partial charge in [0.2, 0.25) is 0 Å². The van der Waals surface area contributed by atoms with Crippen molar-refractivity contribution in [2.45, 2.75) is 39.7 Å². The fourth-order valence-electron chi connectivity index (χ4n) is 2.15. The number of ether oxygens (including phenoxy) is 1. The van der Waals surface area contributed by atoms with Gasteiger partial charge in [0.05, 0.1) is 0 Å². The monoisotopic (exact) mass is 292 g/mol. The summed E-state index contributed by atoms with van der Waals surface area (Å²) in [4.78, 5) is 12.1. The first-order valence-electron chi connectivity index (χ1n) is 6.73. The molecule has 1 atom stereocenters. The zero-order chi connectivity index (χ0) is 15.8. The Labute approximate surface area is 123 Å². The van der Waals surface area contributed by atoms with Crippen LogP contribution in [-0.4, -0.2) is 38.9 Å². The van der Waals surface area contributed by atoms with Crippen molar-refractivity contribution in [1.29, 1.82) is 0 Å². The number of para-hydroxylation sites is 1. The molecule has 6 heteroatoms. The fourth-order valence-corrected chi connectivity index (χ4v) is 2.15. The lowest BCUT2D eigenvalue weighted by Crippen LogP contribution is -2.51. The van der Waals surface area contributed by atoms with Gasteiger partial charge in [0.25, 0.3) is 5.79 Å². The molecule has 114 valence electrons. The van der Waals surface area contributed by atoms with Gasteiger partial charge in [0.1, 0.15) is 11.5 Å². The third kappa shape index (κ3) is 2.91. The Morgan fingerprint density at radius 1 is 1.24 bits per heavy atom. The summed E-state index contributed by atoms with van der Waals surface area (Å²) in [7, 11) is 0. The van der Waals surface area contributed by atoms with Gasteiger partial charge < -0.3 is 14.9 Å². The largest absolute Gasteiger partial charge is 0.469 e. The first-order chi connectivity index (χ1) is 9.64. The topological polar surface area (TPSA) is 82.4 Å². The highest BCUT2D eigenvalue weighted by atomic mass is 16.5. The second-order valence-electron chi connectivity index (χ2n) is 6.05. The Bertz CT molecular complexity index is 561. The molecule has 21 heavy (non-hydrogen) atoms. The van der Waals surface area contributed by atoms with Gasteiger partial charge in [0, 0.05) is 5.41 Å². The van der Waals surface area contributed by atoms with E-state index >= 15 is 0 Å². The van der Waals surface area contributed by atoms with Crippen LogP contribution in [0.15, 0.2) is 35.4 Å². The summed E-state index contributed by atoms with van der Waals surface area (Å²) in [6, 6.07) is 8.95. The van der Waals surface area contributed by atoms with Crippen LogP contribution in [0.1, 0.15) is 27.7 Å². The molecule has 6 nitrogen and oxygen atoms in total. The van der Waals surface area contributed by atoms with Crippen molar-refractivity contribution in [3.63, 3.8) is 0 Å². The molecule has 0 spiro atoms. The van der Waals surface area contributed by atoms with E-state index in [4.69, 9.17) is 4.74 Å². The molecule has 0 saturated carbocycles. The number of carbonyl (C=O) groups is 1. The van der Waals surface area contributed by atoms with Crippen LogP contribution < -0.4 is 4.74 Å². The van der Waals surface area contributed by atoms with Crippen LogP contribution in [0.4, 0.5) is 0 Å². The minimum absolute atomic E-state index is 0.00325. The molecule has 0 radical (unpaired) electrons. The Kier molecular flexibility index (Phi) is 3.78. The zero-order valence-electron chi connectivity index (χ0n) is 12.6. The molecule has 2 N–H and O–H groups in total. The summed E-state index contributed by atoms with van der Waals surface area (Å²) in [6.07, 6.45) is -0.751. The second kappa shape index (κ2) is 5.13. The number of hydrazone groups is 1. The normalized spacial score (nSPS) is 19.4. The molecule has 0 aromatic heterocycles. The number of benzene rings is 1. The molecular formula is C15H20N2O4. The van der Waals surface area contributed by atoms with E-state index in [1.807, 2.05) is 6.07 Å². The highest BCUT2D eigenvalue weighted by Gasteiger charge is 2.54. The molecule has 1 aromatic rings. The lowest BCUT2D eigenvalue weighted by Gasteiger charge is -2.25. The average molecular weight is 292 g/mol. The lowest BCUT2D eigenvalue weighted by molar-refractivity contribution is -0.175.